The zero-order valence-corrected chi connectivity index (χ0v) is 21.3. The standard InChI is InChI=1S/C28H34N4O5/c1-15-3-6-19(37-2)8-21(15)27-9-18-14-32(13-16-4-5-16)24(18)28(27,36)10-17-7-20(25(34)30-12-23(29)33)26(35)31-22(17)11-27/h3,6-8,16,18,24,36H,4-5,9-14H2,1-2H3,(H2,29,33)(H,30,34)(H,31,35)/t18?,24-,27-,28-/m1/s1. The molecule has 9 nitrogen and oxygen atoms in total. The topological polar surface area (TPSA) is 138 Å². The second-order valence-corrected chi connectivity index (χ2v) is 11.5. The smallest absolute Gasteiger partial charge is 0.261 e. The molecule has 6 rings (SSSR count). The molecule has 0 bridgehead atoms. The van der Waals surface area contributed by atoms with Crippen molar-refractivity contribution in [1.29, 1.82) is 0 Å². The first-order valence-corrected chi connectivity index (χ1v) is 13.1. The van der Waals surface area contributed by atoms with Crippen LogP contribution in [-0.2, 0) is 23.1 Å². The summed E-state index contributed by atoms with van der Waals surface area (Å²) in [7, 11) is 1.65. The normalized spacial score (nSPS) is 30.0. The molecule has 2 aromatic rings. The van der Waals surface area contributed by atoms with Gasteiger partial charge in [-0.3, -0.25) is 19.3 Å². The third kappa shape index (κ3) is 3.70. The summed E-state index contributed by atoms with van der Waals surface area (Å²) in [6, 6.07) is 7.63. The van der Waals surface area contributed by atoms with Crippen LogP contribution in [0.3, 0.4) is 0 Å². The Balaban J connectivity index is 1.45. The van der Waals surface area contributed by atoms with E-state index in [0.717, 1.165) is 47.6 Å². The number of aliphatic hydroxyl groups is 1. The van der Waals surface area contributed by atoms with E-state index >= 15 is 0 Å². The van der Waals surface area contributed by atoms with Crippen molar-refractivity contribution in [3.63, 3.8) is 0 Å². The van der Waals surface area contributed by atoms with E-state index in [9.17, 15) is 19.5 Å². The van der Waals surface area contributed by atoms with E-state index < -0.39 is 28.4 Å². The number of aromatic amines is 1. The van der Waals surface area contributed by atoms with Crippen molar-refractivity contribution in [2.75, 3.05) is 26.7 Å². The van der Waals surface area contributed by atoms with Gasteiger partial charge >= 0.3 is 0 Å². The molecular weight excluding hydrogens is 472 g/mol. The molecule has 4 atom stereocenters. The lowest BCUT2D eigenvalue weighted by Gasteiger charge is -2.55. The Morgan fingerprint density at radius 1 is 1.27 bits per heavy atom. The maximum Gasteiger partial charge on any atom is 0.261 e. The number of hydrogen-bond donors (Lipinski definition) is 4. The van der Waals surface area contributed by atoms with Gasteiger partial charge in [0, 0.05) is 43.1 Å². The fourth-order valence-corrected chi connectivity index (χ4v) is 7.40. The summed E-state index contributed by atoms with van der Waals surface area (Å²) in [5.74, 6) is 0.471. The van der Waals surface area contributed by atoms with E-state index in [1.807, 2.05) is 18.2 Å². The van der Waals surface area contributed by atoms with Gasteiger partial charge in [-0.05, 0) is 72.9 Å². The molecule has 0 radical (unpaired) electrons. The predicted molar refractivity (Wildman–Crippen MR) is 137 cm³/mol. The quantitative estimate of drug-likeness (QED) is 0.438. The minimum atomic E-state index is -1.08. The van der Waals surface area contributed by atoms with Gasteiger partial charge in [0.1, 0.15) is 11.3 Å². The van der Waals surface area contributed by atoms with Crippen LogP contribution in [-0.4, -0.2) is 65.2 Å². The van der Waals surface area contributed by atoms with Crippen molar-refractivity contribution in [2.24, 2.45) is 17.6 Å². The number of aromatic nitrogens is 1. The van der Waals surface area contributed by atoms with Gasteiger partial charge in [-0.2, -0.15) is 0 Å². The SMILES string of the molecule is COc1ccc(C)c([C@@]23Cc4[nH]c(=O)c(C(=O)NCC(N)=O)cc4C[C@@]2(O)[C@H]2C(CN2CC2CC2)C3)c1. The number of pyridine rings is 1. The highest BCUT2D eigenvalue weighted by Gasteiger charge is 2.70. The first kappa shape index (κ1) is 24.2. The van der Waals surface area contributed by atoms with Gasteiger partial charge in [0.2, 0.25) is 5.91 Å². The molecule has 2 heterocycles. The van der Waals surface area contributed by atoms with Gasteiger partial charge < -0.3 is 25.9 Å². The highest BCUT2D eigenvalue weighted by molar-refractivity contribution is 5.96. The minimum absolute atomic E-state index is 0.0194. The number of methoxy groups -OCH3 is 1. The Bertz CT molecular complexity index is 1350. The van der Waals surface area contributed by atoms with Crippen LogP contribution in [0, 0.1) is 18.8 Å². The number of carbonyl (C=O) groups is 2. The van der Waals surface area contributed by atoms with Crippen LogP contribution >= 0.6 is 0 Å². The maximum absolute atomic E-state index is 13.0. The second-order valence-electron chi connectivity index (χ2n) is 11.5. The van der Waals surface area contributed by atoms with Crippen molar-refractivity contribution < 1.29 is 19.4 Å². The number of likely N-dealkylation sites (tertiary alicyclic amines) is 1. The number of primary amides is 1. The lowest BCUT2D eigenvalue weighted by atomic mass is 9.59. The first-order valence-electron chi connectivity index (χ1n) is 13.1. The molecular formula is C28H34N4O5. The van der Waals surface area contributed by atoms with E-state index in [0.29, 0.717) is 24.7 Å². The van der Waals surface area contributed by atoms with Crippen molar-refractivity contribution in [1.82, 2.24) is 15.2 Å². The second kappa shape index (κ2) is 8.43. The van der Waals surface area contributed by atoms with Gasteiger partial charge in [0.25, 0.3) is 11.5 Å². The number of carbonyl (C=O) groups excluding carboxylic acids is 2. The van der Waals surface area contributed by atoms with Crippen LogP contribution in [0.15, 0.2) is 29.1 Å². The lowest BCUT2D eigenvalue weighted by molar-refractivity contribution is -0.118. The van der Waals surface area contributed by atoms with Gasteiger partial charge in [0.05, 0.1) is 19.3 Å². The van der Waals surface area contributed by atoms with Crippen LogP contribution in [0.5, 0.6) is 5.75 Å². The third-order valence-corrected chi connectivity index (χ3v) is 9.21. The predicted octanol–water partition coefficient (Wildman–Crippen LogP) is 0.789. The highest BCUT2D eigenvalue weighted by atomic mass is 16.5. The Labute approximate surface area is 215 Å². The molecule has 1 saturated heterocycles. The minimum Gasteiger partial charge on any atom is -0.497 e. The Kier molecular flexibility index (Phi) is 5.51. The summed E-state index contributed by atoms with van der Waals surface area (Å²) >= 11 is 0. The van der Waals surface area contributed by atoms with Crippen LogP contribution in [0.2, 0.25) is 0 Å². The van der Waals surface area contributed by atoms with Gasteiger partial charge in [-0.1, -0.05) is 6.07 Å². The third-order valence-electron chi connectivity index (χ3n) is 9.21. The summed E-state index contributed by atoms with van der Waals surface area (Å²) in [4.78, 5) is 42.1. The van der Waals surface area contributed by atoms with Gasteiger partial charge in [-0.25, -0.2) is 0 Å². The molecule has 9 heteroatoms. The maximum atomic E-state index is 13.0. The van der Waals surface area contributed by atoms with E-state index in [4.69, 9.17) is 10.5 Å². The average molecular weight is 507 g/mol. The van der Waals surface area contributed by atoms with Crippen LogP contribution in [0.4, 0.5) is 0 Å². The largest absolute Gasteiger partial charge is 0.497 e. The molecule has 1 aliphatic heterocycles. The summed E-state index contributed by atoms with van der Waals surface area (Å²) in [6.45, 7) is 3.70. The fourth-order valence-electron chi connectivity index (χ4n) is 7.40. The highest BCUT2D eigenvalue weighted by Crippen LogP contribution is 2.62. The van der Waals surface area contributed by atoms with Crippen molar-refractivity contribution in [2.45, 2.75) is 56.1 Å². The summed E-state index contributed by atoms with van der Waals surface area (Å²) in [5.41, 5.74) is 6.55. The van der Waals surface area contributed by atoms with E-state index in [1.54, 1.807) is 13.2 Å². The number of benzene rings is 1. The molecule has 5 N–H and O–H groups in total. The molecule has 1 aromatic carbocycles. The average Bonchev–Trinajstić information content (AvgIpc) is 3.63. The Morgan fingerprint density at radius 2 is 2.05 bits per heavy atom. The number of ether oxygens (including phenoxy) is 1. The van der Waals surface area contributed by atoms with Crippen molar-refractivity contribution in [3.8, 4) is 5.75 Å². The zero-order chi connectivity index (χ0) is 26.1. The molecule has 1 aromatic heterocycles. The zero-order valence-electron chi connectivity index (χ0n) is 21.3. The number of H-pyrrole nitrogens is 1. The van der Waals surface area contributed by atoms with E-state index in [1.165, 1.54) is 12.8 Å². The number of nitrogens with zero attached hydrogens (tertiary/aromatic N) is 1. The molecule has 1 unspecified atom stereocenters. The molecule has 196 valence electrons. The number of nitrogens with two attached hydrogens (primary N) is 1. The molecule has 2 saturated carbocycles. The monoisotopic (exact) mass is 506 g/mol. The van der Waals surface area contributed by atoms with Gasteiger partial charge in [0.15, 0.2) is 0 Å². The van der Waals surface area contributed by atoms with Crippen LogP contribution in [0.1, 0.15) is 52.0 Å². The van der Waals surface area contributed by atoms with E-state index in [2.05, 4.69) is 22.1 Å². The number of fused-ring (bicyclic) bond motifs is 4. The number of aryl methyl sites for hydroxylation is 1. The molecule has 37 heavy (non-hydrogen) atoms. The summed E-state index contributed by atoms with van der Waals surface area (Å²) in [6.07, 6.45) is 4.12. The Hall–Kier alpha value is -3.17. The molecule has 4 aliphatic rings. The van der Waals surface area contributed by atoms with E-state index in [-0.39, 0.29) is 18.2 Å². The van der Waals surface area contributed by atoms with Crippen molar-refractivity contribution in [3.05, 3.63) is 62.6 Å². The number of nitrogens with one attached hydrogen (secondary N) is 2. The molecule has 2 amide bonds. The Morgan fingerprint density at radius 3 is 2.76 bits per heavy atom. The first-order chi connectivity index (χ1) is 17.6. The van der Waals surface area contributed by atoms with Crippen LogP contribution in [0.25, 0.3) is 0 Å². The van der Waals surface area contributed by atoms with Crippen molar-refractivity contribution >= 4 is 11.8 Å². The molecule has 3 aliphatic carbocycles. The number of rotatable bonds is 7. The molecule has 0 spiro atoms. The summed E-state index contributed by atoms with van der Waals surface area (Å²) < 4.78 is 5.57. The summed E-state index contributed by atoms with van der Waals surface area (Å²) in [5, 5.41) is 15.2. The molecule has 3 fully saturated rings. The van der Waals surface area contributed by atoms with Crippen LogP contribution < -0.4 is 21.3 Å². The van der Waals surface area contributed by atoms with Gasteiger partial charge in [-0.15, -0.1) is 0 Å². The number of hydrogen-bond acceptors (Lipinski definition) is 6. The number of amides is 2. The lowest BCUT2D eigenvalue weighted by Crippen LogP contribution is -2.68. The fraction of sp³-hybridized carbons (Fsp3) is 0.536.